The highest BCUT2D eigenvalue weighted by Gasteiger charge is 2.14. The Labute approximate surface area is 214 Å². The number of nitrogens with one attached hydrogen (secondary N) is 1. The number of carbonyl (C=O) groups excluding carboxylic acids is 1. The zero-order valence-corrected chi connectivity index (χ0v) is 20.6. The number of aryl methyl sites for hydroxylation is 1. The summed E-state index contributed by atoms with van der Waals surface area (Å²) in [6.07, 6.45) is 2.27. The van der Waals surface area contributed by atoms with Gasteiger partial charge in [0.1, 0.15) is 0 Å². The molecule has 0 saturated heterocycles. The number of anilines is 1. The van der Waals surface area contributed by atoms with Gasteiger partial charge < -0.3 is 0 Å². The average Bonchev–Trinajstić information content (AvgIpc) is 2.82. The van der Waals surface area contributed by atoms with Gasteiger partial charge in [-0.25, -0.2) is 0 Å². The number of benzene rings is 4. The second-order valence-corrected chi connectivity index (χ2v) is 9.11. The van der Waals surface area contributed by atoms with Crippen molar-refractivity contribution < 1.29 is 4.79 Å². The van der Waals surface area contributed by atoms with Crippen molar-refractivity contribution >= 4 is 52.5 Å². The largest absolute Gasteiger partial charge is 0.289 e. The van der Waals surface area contributed by atoms with Crippen LogP contribution in [0.3, 0.4) is 0 Å². The zero-order valence-electron chi connectivity index (χ0n) is 18.4. The molecule has 0 aromatic heterocycles. The van der Waals surface area contributed by atoms with Crippen LogP contribution in [0.5, 0.6) is 0 Å². The Kier molecular flexibility index (Phi) is 7.69. The first-order valence-electron chi connectivity index (χ1n) is 10.6. The predicted molar refractivity (Wildman–Crippen MR) is 143 cm³/mol. The molecule has 4 aromatic rings. The van der Waals surface area contributed by atoms with Crippen molar-refractivity contribution in [3.63, 3.8) is 0 Å². The van der Waals surface area contributed by atoms with Crippen LogP contribution in [0.15, 0.2) is 90.0 Å². The molecule has 0 saturated carbocycles. The minimum Gasteiger partial charge on any atom is -0.289 e. The van der Waals surface area contributed by atoms with E-state index < -0.39 is 0 Å². The van der Waals surface area contributed by atoms with Gasteiger partial charge in [0, 0.05) is 32.6 Å². The fraction of sp³-hybridized carbons (Fsp3) is 0.0714. The van der Waals surface area contributed by atoms with E-state index in [0.717, 1.165) is 22.3 Å². The van der Waals surface area contributed by atoms with Crippen LogP contribution in [0.4, 0.5) is 5.69 Å². The molecule has 0 fully saturated rings. The van der Waals surface area contributed by atoms with Crippen LogP contribution in [0.2, 0.25) is 15.1 Å². The summed E-state index contributed by atoms with van der Waals surface area (Å²) in [5.41, 5.74) is 8.62. The Morgan fingerprint density at radius 1 is 0.882 bits per heavy atom. The average molecular weight is 508 g/mol. The lowest BCUT2D eigenvalue weighted by atomic mass is 9.95. The van der Waals surface area contributed by atoms with E-state index >= 15 is 0 Å². The third-order valence-corrected chi connectivity index (χ3v) is 6.30. The molecule has 0 unspecified atom stereocenters. The molecule has 6 heteroatoms. The molecule has 34 heavy (non-hydrogen) atoms. The van der Waals surface area contributed by atoms with Gasteiger partial charge in [0.2, 0.25) is 0 Å². The molecular weight excluding hydrogens is 487 g/mol. The van der Waals surface area contributed by atoms with Crippen molar-refractivity contribution in [1.29, 1.82) is 0 Å². The minimum absolute atomic E-state index is 0.0386. The normalized spacial score (nSPS) is 11.1. The van der Waals surface area contributed by atoms with Crippen molar-refractivity contribution in [3.05, 3.63) is 133 Å². The van der Waals surface area contributed by atoms with Crippen LogP contribution in [0.25, 0.3) is 0 Å². The molecule has 4 rings (SSSR count). The summed E-state index contributed by atoms with van der Waals surface area (Å²) in [6, 6.07) is 26.0. The van der Waals surface area contributed by atoms with Crippen molar-refractivity contribution in [2.75, 3.05) is 5.43 Å². The van der Waals surface area contributed by atoms with Gasteiger partial charge >= 0.3 is 0 Å². The Hall–Kier alpha value is -3.11. The maximum Gasteiger partial charge on any atom is 0.193 e. The highest BCUT2D eigenvalue weighted by atomic mass is 35.5. The fourth-order valence-corrected chi connectivity index (χ4v) is 4.35. The fourth-order valence-electron chi connectivity index (χ4n) is 3.61. The number of rotatable bonds is 7. The zero-order chi connectivity index (χ0) is 24.1. The molecule has 0 atom stereocenters. The number of ketones is 1. The molecule has 0 radical (unpaired) electrons. The van der Waals surface area contributed by atoms with Gasteiger partial charge in [-0.15, -0.1) is 0 Å². The van der Waals surface area contributed by atoms with E-state index in [4.69, 9.17) is 34.8 Å². The second kappa shape index (κ2) is 10.9. The standard InChI is InChI=1S/C28H21Cl3N2O/c1-18-13-20(7-12-24(18)28(34)21-8-10-22(29)11-9-21)14-25-26(30)15-23(16-27(25)31)33-32-17-19-5-3-2-4-6-19/h2-13,15-17,33H,14H2,1H3/b32-17+. The van der Waals surface area contributed by atoms with Crippen LogP contribution in [0, 0.1) is 6.92 Å². The van der Waals surface area contributed by atoms with E-state index in [1.54, 1.807) is 42.6 Å². The third-order valence-electron chi connectivity index (χ3n) is 5.37. The van der Waals surface area contributed by atoms with E-state index in [0.29, 0.717) is 38.3 Å². The SMILES string of the molecule is Cc1cc(Cc2c(Cl)cc(N/N=C/c3ccccc3)cc2Cl)ccc1C(=O)c1ccc(Cl)cc1. The maximum absolute atomic E-state index is 12.9. The first-order chi connectivity index (χ1) is 16.4. The van der Waals surface area contributed by atoms with Crippen molar-refractivity contribution in [1.82, 2.24) is 0 Å². The number of carbonyl (C=O) groups is 1. The number of hydrazone groups is 1. The molecule has 0 aliphatic carbocycles. The lowest BCUT2D eigenvalue weighted by molar-refractivity contribution is 0.103. The summed E-state index contributed by atoms with van der Waals surface area (Å²) in [7, 11) is 0. The van der Waals surface area contributed by atoms with Crippen molar-refractivity contribution in [2.45, 2.75) is 13.3 Å². The summed E-state index contributed by atoms with van der Waals surface area (Å²) < 4.78 is 0. The quantitative estimate of drug-likeness (QED) is 0.155. The lowest BCUT2D eigenvalue weighted by Gasteiger charge is -2.12. The van der Waals surface area contributed by atoms with E-state index in [-0.39, 0.29) is 5.78 Å². The van der Waals surface area contributed by atoms with Gasteiger partial charge in [0.05, 0.1) is 11.9 Å². The predicted octanol–water partition coefficient (Wildman–Crippen LogP) is 8.22. The van der Waals surface area contributed by atoms with Crippen LogP contribution in [-0.4, -0.2) is 12.0 Å². The summed E-state index contributed by atoms with van der Waals surface area (Å²) in [5.74, 6) is -0.0386. The van der Waals surface area contributed by atoms with Gasteiger partial charge in [-0.05, 0) is 65.6 Å². The minimum atomic E-state index is -0.0386. The lowest BCUT2D eigenvalue weighted by Crippen LogP contribution is -2.04. The Bertz CT molecular complexity index is 1330. The number of hydrogen-bond acceptors (Lipinski definition) is 3. The molecule has 0 heterocycles. The smallest absolute Gasteiger partial charge is 0.193 e. The molecule has 0 amide bonds. The monoisotopic (exact) mass is 506 g/mol. The molecule has 3 nitrogen and oxygen atoms in total. The Morgan fingerprint density at radius 3 is 2.21 bits per heavy atom. The van der Waals surface area contributed by atoms with Crippen molar-refractivity contribution in [3.8, 4) is 0 Å². The molecule has 1 N–H and O–H groups in total. The molecule has 0 aliphatic heterocycles. The Morgan fingerprint density at radius 2 is 1.56 bits per heavy atom. The van der Waals surface area contributed by atoms with Crippen LogP contribution in [-0.2, 0) is 6.42 Å². The first kappa shape index (κ1) is 24.0. The van der Waals surface area contributed by atoms with Crippen LogP contribution in [0.1, 0.15) is 38.2 Å². The first-order valence-corrected chi connectivity index (χ1v) is 11.8. The molecule has 170 valence electrons. The number of halogens is 3. The topological polar surface area (TPSA) is 41.5 Å². The van der Waals surface area contributed by atoms with Gasteiger partial charge in [-0.1, -0.05) is 83.3 Å². The van der Waals surface area contributed by atoms with Gasteiger partial charge in [0.15, 0.2) is 5.78 Å². The van der Waals surface area contributed by atoms with Gasteiger partial charge in [0.25, 0.3) is 0 Å². The molecule has 0 bridgehead atoms. The summed E-state index contributed by atoms with van der Waals surface area (Å²) in [5, 5.41) is 5.93. The van der Waals surface area contributed by atoms with Crippen molar-refractivity contribution in [2.24, 2.45) is 5.10 Å². The highest BCUT2D eigenvalue weighted by Crippen LogP contribution is 2.31. The van der Waals surface area contributed by atoms with E-state index in [1.807, 2.05) is 55.5 Å². The Balaban J connectivity index is 1.49. The summed E-state index contributed by atoms with van der Waals surface area (Å²) in [4.78, 5) is 12.9. The number of nitrogens with zero attached hydrogens (tertiary/aromatic N) is 1. The second-order valence-electron chi connectivity index (χ2n) is 7.86. The van der Waals surface area contributed by atoms with Crippen LogP contribution >= 0.6 is 34.8 Å². The molecule has 4 aromatic carbocycles. The summed E-state index contributed by atoms with van der Waals surface area (Å²) in [6.45, 7) is 1.92. The summed E-state index contributed by atoms with van der Waals surface area (Å²) >= 11 is 19.0. The van der Waals surface area contributed by atoms with E-state index in [9.17, 15) is 4.79 Å². The van der Waals surface area contributed by atoms with E-state index in [1.165, 1.54) is 0 Å². The third kappa shape index (κ3) is 5.87. The molecule has 0 aliphatic rings. The number of hydrogen-bond donors (Lipinski definition) is 1. The highest BCUT2D eigenvalue weighted by molar-refractivity contribution is 6.36. The van der Waals surface area contributed by atoms with Crippen LogP contribution < -0.4 is 5.43 Å². The van der Waals surface area contributed by atoms with E-state index in [2.05, 4.69) is 10.5 Å². The maximum atomic E-state index is 12.9. The van der Waals surface area contributed by atoms with Gasteiger partial charge in [-0.3, -0.25) is 10.2 Å². The molecule has 0 spiro atoms. The molecular formula is C28H21Cl3N2O. The van der Waals surface area contributed by atoms with Gasteiger partial charge in [-0.2, -0.15) is 5.10 Å².